The van der Waals surface area contributed by atoms with E-state index in [0.717, 1.165) is 37.6 Å². The first kappa shape index (κ1) is 13.6. The topological polar surface area (TPSA) is 71.3 Å². The molecule has 0 spiro atoms. The van der Waals surface area contributed by atoms with Crippen molar-refractivity contribution in [1.82, 2.24) is 15.3 Å². The van der Waals surface area contributed by atoms with Crippen LogP contribution < -0.4 is 10.2 Å². The summed E-state index contributed by atoms with van der Waals surface area (Å²) in [6.45, 7) is 2.07. The average Bonchev–Trinajstić information content (AvgIpc) is 3.07. The van der Waals surface area contributed by atoms with Crippen LogP contribution in [0.2, 0.25) is 0 Å². The minimum Gasteiger partial charge on any atom is -0.467 e. The summed E-state index contributed by atoms with van der Waals surface area (Å²) in [5, 5.41) is 2.93. The average molecular weight is 286 g/mol. The zero-order valence-electron chi connectivity index (χ0n) is 11.7. The number of carbonyl (C=O) groups is 1. The van der Waals surface area contributed by atoms with Gasteiger partial charge in [-0.1, -0.05) is 0 Å². The molecule has 2 aromatic rings. The second kappa shape index (κ2) is 6.39. The Balaban J connectivity index is 1.48. The fraction of sp³-hybridized carbons (Fsp3) is 0.400. The fourth-order valence-electron chi connectivity index (χ4n) is 2.53. The second-order valence-corrected chi connectivity index (χ2v) is 5.11. The summed E-state index contributed by atoms with van der Waals surface area (Å²) < 4.78 is 5.21. The summed E-state index contributed by atoms with van der Waals surface area (Å²) in [4.78, 5) is 22.7. The molecular weight excluding hydrogens is 268 g/mol. The van der Waals surface area contributed by atoms with Crippen molar-refractivity contribution >= 4 is 11.9 Å². The number of hydrogen-bond donors (Lipinski definition) is 1. The van der Waals surface area contributed by atoms with Gasteiger partial charge in [-0.15, -0.1) is 0 Å². The van der Waals surface area contributed by atoms with Gasteiger partial charge in [-0.2, -0.15) is 0 Å². The van der Waals surface area contributed by atoms with E-state index < -0.39 is 0 Å². The van der Waals surface area contributed by atoms with E-state index in [2.05, 4.69) is 20.2 Å². The summed E-state index contributed by atoms with van der Waals surface area (Å²) >= 11 is 0. The van der Waals surface area contributed by atoms with E-state index in [9.17, 15) is 4.79 Å². The second-order valence-electron chi connectivity index (χ2n) is 5.11. The molecule has 0 radical (unpaired) electrons. The molecule has 1 amide bonds. The number of carbonyl (C=O) groups excluding carboxylic acids is 1. The molecule has 1 saturated heterocycles. The smallest absolute Gasteiger partial charge is 0.225 e. The van der Waals surface area contributed by atoms with E-state index in [-0.39, 0.29) is 11.8 Å². The van der Waals surface area contributed by atoms with Crippen molar-refractivity contribution < 1.29 is 9.21 Å². The van der Waals surface area contributed by atoms with Crippen LogP contribution in [0.4, 0.5) is 5.95 Å². The van der Waals surface area contributed by atoms with E-state index >= 15 is 0 Å². The van der Waals surface area contributed by atoms with E-state index in [1.165, 1.54) is 0 Å². The maximum Gasteiger partial charge on any atom is 0.225 e. The van der Waals surface area contributed by atoms with Crippen LogP contribution in [0.25, 0.3) is 0 Å². The summed E-state index contributed by atoms with van der Waals surface area (Å²) in [6, 6.07) is 5.48. The van der Waals surface area contributed by atoms with Gasteiger partial charge in [0.05, 0.1) is 12.8 Å². The SMILES string of the molecule is O=C(NCc1ccco1)C1CCN(c2ncccn2)CC1. The standard InChI is InChI=1S/C15H18N4O2/c20-14(18-11-13-3-1-10-21-13)12-4-8-19(9-5-12)15-16-6-2-7-17-15/h1-3,6-7,10,12H,4-5,8-9,11H2,(H,18,20). The van der Waals surface area contributed by atoms with Gasteiger partial charge in [0.15, 0.2) is 0 Å². The highest BCUT2D eigenvalue weighted by Gasteiger charge is 2.25. The molecule has 1 fully saturated rings. The number of furan rings is 1. The summed E-state index contributed by atoms with van der Waals surface area (Å²) in [5.41, 5.74) is 0. The highest BCUT2D eigenvalue weighted by Crippen LogP contribution is 2.20. The molecule has 0 aromatic carbocycles. The molecule has 0 saturated carbocycles. The lowest BCUT2D eigenvalue weighted by atomic mass is 9.96. The first-order chi connectivity index (χ1) is 10.3. The Morgan fingerprint density at radius 3 is 2.71 bits per heavy atom. The predicted octanol–water partition coefficient (Wildman–Crippen LogP) is 1.60. The molecule has 1 N–H and O–H groups in total. The van der Waals surface area contributed by atoms with Crippen LogP contribution in [0.15, 0.2) is 41.3 Å². The van der Waals surface area contributed by atoms with E-state index in [1.807, 2.05) is 12.1 Å². The van der Waals surface area contributed by atoms with Gasteiger partial charge in [-0.3, -0.25) is 4.79 Å². The van der Waals surface area contributed by atoms with E-state index in [0.29, 0.717) is 6.54 Å². The lowest BCUT2D eigenvalue weighted by Gasteiger charge is -2.31. The van der Waals surface area contributed by atoms with Gasteiger partial charge < -0.3 is 14.6 Å². The Morgan fingerprint density at radius 1 is 1.29 bits per heavy atom. The molecule has 2 aromatic heterocycles. The Kier molecular flexibility index (Phi) is 4.14. The molecule has 1 aliphatic heterocycles. The highest BCUT2D eigenvalue weighted by atomic mass is 16.3. The van der Waals surface area contributed by atoms with Crippen molar-refractivity contribution in [3.8, 4) is 0 Å². The largest absolute Gasteiger partial charge is 0.467 e. The zero-order valence-corrected chi connectivity index (χ0v) is 11.7. The molecule has 6 nitrogen and oxygen atoms in total. The van der Waals surface area contributed by atoms with Crippen LogP contribution in [0.5, 0.6) is 0 Å². The third-order valence-electron chi connectivity index (χ3n) is 3.72. The molecule has 110 valence electrons. The summed E-state index contributed by atoms with van der Waals surface area (Å²) in [6.07, 6.45) is 6.74. The monoisotopic (exact) mass is 286 g/mol. The first-order valence-electron chi connectivity index (χ1n) is 7.15. The molecule has 0 atom stereocenters. The third kappa shape index (κ3) is 3.39. The molecule has 3 rings (SSSR count). The van der Waals surface area contributed by atoms with Gasteiger partial charge in [-0.25, -0.2) is 9.97 Å². The number of anilines is 1. The van der Waals surface area contributed by atoms with Crippen LogP contribution in [0, 0.1) is 5.92 Å². The molecule has 0 unspecified atom stereocenters. The highest BCUT2D eigenvalue weighted by molar-refractivity contribution is 5.78. The maximum atomic E-state index is 12.1. The van der Waals surface area contributed by atoms with Crippen molar-refractivity contribution in [2.24, 2.45) is 5.92 Å². The maximum absolute atomic E-state index is 12.1. The van der Waals surface area contributed by atoms with Gasteiger partial charge in [0.1, 0.15) is 5.76 Å². The van der Waals surface area contributed by atoms with Crippen molar-refractivity contribution in [2.75, 3.05) is 18.0 Å². The lowest BCUT2D eigenvalue weighted by molar-refractivity contribution is -0.125. The molecule has 3 heterocycles. The number of nitrogens with zero attached hydrogens (tertiary/aromatic N) is 3. The Labute approximate surface area is 123 Å². The van der Waals surface area contributed by atoms with Crippen molar-refractivity contribution in [1.29, 1.82) is 0 Å². The normalized spacial score (nSPS) is 15.9. The van der Waals surface area contributed by atoms with Crippen LogP contribution in [0.1, 0.15) is 18.6 Å². The lowest BCUT2D eigenvalue weighted by Crippen LogP contribution is -2.40. The minimum absolute atomic E-state index is 0.0555. The number of nitrogens with one attached hydrogen (secondary N) is 1. The Bertz CT molecular complexity index is 563. The van der Waals surface area contributed by atoms with Crippen LogP contribution >= 0.6 is 0 Å². The Hall–Kier alpha value is -2.37. The van der Waals surface area contributed by atoms with Gasteiger partial charge in [0.2, 0.25) is 11.9 Å². The molecule has 21 heavy (non-hydrogen) atoms. The minimum atomic E-state index is 0.0555. The quantitative estimate of drug-likeness (QED) is 0.924. The van der Waals surface area contributed by atoms with Crippen LogP contribution in [-0.4, -0.2) is 29.0 Å². The molecule has 0 bridgehead atoms. The van der Waals surface area contributed by atoms with Gasteiger partial charge in [-0.05, 0) is 31.0 Å². The molecule has 6 heteroatoms. The van der Waals surface area contributed by atoms with Crippen molar-refractivity contribution in [3.63, 3.8) is 0 Å². The zero-order chi connectivity index (χ0) is 14.5. The number of amides is 1. The summed E-state index contributed by atoms with van der Waals surface area (Å²) in [5.74, 6) is 1.67. The number of hydrogen-bond acceptors (Lipinski definition) is 5. The number of aromatic nitrogens is 2. The molecule has 1 aliphatic rings. The van der Waals surface area contributed by atoms with Crippen molar-refractivity contribution in [2.45, 2.75) is 19.4 Å². The van der Waals surface area contributed by atoms with E-state index in [4.69, 9.17) is 4.42 Å². The molecular formula is C15H18N4O2. The third-order valence-corrected chi connectivity index (χ3v) is 3.72. The van der Waals surface area contributed by atoms with Crippen molar-refractivity contribution in [3.05, 3.63) is 42.6 Å². The van der Waals surface area contributed by atoms with Crippen LogP contribution in [0.3, 0.4) is 0 Å². The van der Waals surface area contributed by atoms with Gasteiger partial charge in [0.25, 0.3) is 0 Å². The molecule has 0 aliphatic carbocycles. The van der Waals surface area contributed by atoms with E-state index in [1.54, 1.807) is 24.7 Å². The van der Waals surface area contributed by atoms with Crippen LogP contribution in [-0.2, 0) is 11.3 Å². The Morgan fingerprint density at radius 2 is 2.05 bits per heavy atom. The summed E-state index contributed by atoms with van der Waals surface area (Å²) in [7, 11) is 0. The van der Waals surface area contributed by atoms with Gasteiger partial charge in [0, 0.05) is 31.4 Å². The number of piperidine rings is 1. The first-order valence-corrected chi connectivity index (χ1v) is 7.15. The number of rotatable bonds is 4. The fourth-order valence-corrected chi connectivity index (χ4v) is 2.53. The predicted molar refractivity (Wildman–Crippen MR) is 77.5 cm³/mol. The van der Waals surface area contributed by atoms with Gasteiger partial charge >= 0.3 is 0 Å².